The first-order chi connectivity index (χ1) is 7.18. The summed E-state index contributed by atoms with van der Waals surface area (Å²) in [6.07, 6.45) is 3.01. The Balaban J connectivity index is 3.71. The summed E-state index contributed by atoms with van der Waals surface area (Å²) in [5.74, 6) is 0. The van der Waals surface area contributed by atoms with E-state index in [1.165, 1.54) is 0 Å². The highest BCUT2D eigenvalue weighted by Crippen LogP contribution is 2.49. The van der Waals surface area contributed by atoms with E-state index in [2.05, 4.69) is 15.9 Å². The first-order valence-corrected chi connectivity index (χ1v) is 7.86. The zero-order valence-corrected chi connectivity index (χ0v) is 11.9. The van der Waals surface area contributed by atoms with Crippen LogP contribution in [0.4, 0.5) is 0 Å². The zero-order valence-electron chi connectivity index (χ0n) is 9.41. The van der Waals surface area contributed by atoms with Crippen molar-refractivity contribution in [2.75, 3.05) is 25.2 Å². The summed E-state index contributed by atoms with van der Waals surface area (Å²) in [4.78, 5) is 0. The van der Waals surface area contributed by atoms with Gasteiger partial charge in [0.25, 0.3) is 0 Å². The molecule has 0 heterocycles. The maximum atomic E-state index is 11.8. The van der Waals surface area contributed by atoms with Gasteiger partial charge in [-0.05, 0) is 26.7 Å². The van der Waals surface area contributed by atoms with Gasteiger partial charge in [0, 0.05) is 5.33 Å². The van der Waals surface area contributed by atoms with Crippen molar-refractivity contribution in [2.45, 2.75) is 33.1 Å². The van der Waals surface area contributed by atoms with Crippen LogP contribution in [0.1, 0.15) is 33.1 Å². The Morgan fingerprint density at radius 2 is 1.60 bits per heavy atom. The van der Waals surface area contributed by atoms with Crippen LogP contribution >= 0.6 is 23.8 Å². The van der Waals surface area contributed by atoms with Crippen molar-refractivity contribution < 1.29 is 18.1 Å². The Bertz CT molecular complexity index is 179. The van der Waals surface area contributed by atoms with Gasteiger partial charge in [0.1, 0.15) is 0 Å². The summed E-state index contributed by atoms with van der Waals surface area (Å²) in [6.45, 7) is 4.61. The molecule has 0 radical (unpaired) electrons. The number of rotatable bonds is 10. The van der Waals surface area contributed by atoms with Gasteiger partial charge in [0.2, 0.25) is 0 Å². The van der Waals surface area contributed by atoms with Crippen molar-refractivity contribution in [1.29, 1.82) is 0 Å². The van der Waals surface area contributed by atoms with Crippen molar-refractivity contribution >= 4 is 23.8 Å². The molecule has 0 aromatic rings. The fourth-order valence-corrected chi connectivity index (χ4v) is 2.58. The molecule has 0 saturated carbocycles. The minimum atomic E-state index is -3.28. The van der Waals surface area contributed by atoms with E-state index in [0.29, 0.717) is 19.8 Å². The molecule has 0 spiro atoms. The van der Waals surface area contributed by atoms with Gasteiger partial charge >= 0.3 is 7.82 Å². The minimum absolute atomic E-state index is 0.332. The Morgan fingerprint density at radius 3 is 2.07 bits per heavy atom. The van der Waals surface area contributed by atoms with Crippen LogP contribution in [0.3, 0.4) is 0 Å². The van der Waals surface area contributed by atoms with Crippen LogP contribution in [-0.4, -0.2) is 25.2 Å². The molecule has 0 aliphatic heterocycles. The second-order valence-electron chi connectivity index (χ2n) is 2.87. The molecule has 0 bridgehead atoms. The Morgan fingerprint density at radius 1 is 1.00 bits per heavy atom. The van der Waals surface area contributed by atoms with E-state index < -0.39 is 7.82 Å². The Labute approximate surface area is 100 Å². The van der Waals surface area contributed by atoms with E-state index >= 15 is 0 Å². The van der Waals surface area contributed by atoms with Gasteiger partial charge in [-0.15, -0.1) is 0 Å². The second kappa shape index (κ2) is 9.79. The molecular weight excluding hydrogens is 283 g/mol. The number of phosphoric ester groups is 1. The van der Waals surface area contributed by atoms with Crippen LogP contribution in [-0.2, 0) is 18.1 Å². The lowest BCUT2D eigenvalue weighted by Crippen LogP contribution is -2.01. The van der Waals surface area contributed by atoms with Crippen molar-refractivity contribution in [1.82, 2.24) is 0 Å². The molecule has 0 aromatic carbocycles. The van der Waals surface area contributed by atoms with Gasteiger partial charge in [-0.3, -0.25) is 13.6 Å². The first-order valence-electron chi connectivity index (χ1n) is 5.28. The van der Waals surface area contributed by atoms with Crippen LogP contribution < -0.4 is 0 Å². The van der Waals surface area contributed by atoms with E-state index in [0.717, 1.165) is 24.6 Å². The SMILES string of the molecule is CCOP(=O)(OCC)OCCCCCBr. The Kier molecular flexibility index (Phi) is 10.2. The van der Waals surface area contributed by atoms with E-state index in [1.54, 1.807) is 13.8 Å². The van der Waals surface area contributed by atoms with E-state index in [4.69, 9.17) is 13.6 Å². The van der Waals surface area contributed by atoms with Gasteiger partial charge in [0.05, 0.1) is 19.8 Å². The molecule has 0 unspecified atom stereocenters. The second-order valence-corrected chi connectivity index (χ2v) is 5.33. The summed E-state index contributed by atoms with van der Waals surface area (Å²) in [6, 6.07) is 0. The quantitative estimate of drug-likeness (QED) is 0.350. The zero-order chi connectivity index (χ0) is 11.6. The number of hydrogen-bond acceptors (Lipinski definition) is 4. The lowest BCUT2D eigenvalue weighted by atomic mass is 10.3. The fraction of sp³-hybridized carbons (Fsp3) is 1.00. The maximum absolute atomic E-state index is 11.8. The molecule has 6 heteroatoms. The third kappa shape index (κ3) is 8.40. The van der Waals surface area contributed by atoms with Crippen molar-refractivity contribution in [3.05, 3.63) is 0 Å². The van der Waals surface area contributed by atoms with Gasteiger partial charge in [0.15, 0.2) is 0 Å². The monoisotopic (exact) mass is 302 g/mol. The highest BCUT2D eigenvalue weighted by molar-refractivity contribution is 9.09. The lowest BCUT2D eigenvalue weighted by molar-refractivity contribution is 0.120. The minimum Gasteiger partial charge on any atom is -0.287 e. The third-order valence-corrected chi connectivity index (χ3v) is 3.81. The molecular formula is C9H20BrO4P. The summed E-state index contributed by atoms with van der Waals surface area (Å²) in [7, 11) is -3.28. The molecule has 0 N–H and O–H groups in total. The van der Waals surface area contributed by atoms with Crippen LogP contribution in [0.15, 0.2) is 0 Å². The summed E-state index contributed by atoms with van der Waals surface area (Å²) in [5, 5.41) is 0.988. The normalized spacial score (nSPS) is 11.9. The van der Waals surface area contributed by atoms with E-state index in [1.807, 2.05) is 0 Å². The van der Waals surface area contributed by atoms with Gasteiger partial charge < -0.3 is 0 Å². The molecule has 0 aliphatic rings. The predicted octanol–water partition coefficient (Wildman–Crippen LogP) is 3.75. The molecule has 0 saturated heterocycles. The summed E-state index contributed by atoms with van der Waals surface area (Å²) in [5.41, 5.74) is 0. The van der Waals surface area contributed by atoms with Crippen LogP contribution in [0, 0.1) is 0 Å². The van der Waals surface area contributed by atoms with Crippen molar-refractivity contribution in [3.8, 4) is 0 Å². The highest BCUT2D eigenvalue weighted by Gasteiger charge is 2.24. The largest absolute Gasteiger partial charge is 0.474 e. The predicted molar refractivity (Wildman–Crippen MR) is 64.5 cm³/mol. The number of phosphoric acid groups is 1. The van der Waals surface area contributed by atoms with Crippen LogP contribution in [0.25, 0.3) is 0 Å². The first kappa shape index (κ1) is 15.6. The fourth-order valence-electron chi connectivity index (χ4n) is 0.978. The summed E-state index contributed by atoms with van der Waals surface area (Å²) >= 11 is 3.35. The number of unbranched alkanes of at least 4 members (excludes halogenated alkanes) is 2. The van der Waals surface area contributed by atoms with Gasteiger partial charge in [-0.1, -0.05) is 22.4 Å². The lowest BCUT2D eigenvalue weighted by Gasteiger charge is -2.15. The number of hydrogen-bond donors (Lipinski definition) is 0. The maximum Gasteiger partial charge on any atom is 0.474 e. The van der Waals surface area contributed by atoms with E-state index in [9.17, 15) is 4.57 Å². The standard InChI is InChI=1S/C9H20BrO4P/c1-3-12-15(11,13-4-2)14-9-7-5-6-8-10/h3-9H2,1-2H3. The molecule has 0 aliphatic carbocycles. The summed E-state index contributed by atoms with van der Waals surface area (Å²) < 4.78 is 26.9. The van der Waals surface area contributed by atoms with Crippen LogP contribution in [0.2, 0.25) is 0 Å². The van der Waals surface area contributed by atoms with E-state index in [-0.39, 0.29) is 0 Å². The molecule has 15 heavy (non-hydrogen) atoms. The van der Waals surface area contributed by atoms with Crippen molar-refractivity contribution in [2.24, 2.45) is 0 Å². The Hall–Kier alpha value is 0.590. The average molecular weight is 303 g/mol. The van der Waals surface area contributed by atoms with Gasteiger partial charge in [-0.2, -0.15) is 0 Å². The molecule has 92 valence electrons. The van der Waals surface area contributed by atoms with Gasteiger partial charge in [-0.25, -0.2) is 4.57 Å². The topological polar surface area (TPSA) is 44.8 Å². The molecule has 0 amide bonds. The third-order valence-electron chi connectivity index (χ3n) is 1.60. The molecule has 0 rings (SSSR count). The molecule has 0 atom stereocenters. The average Bonchev–Trinajstić information content (AvgIpc) is 2.18. The molecule has 0 fully saturated rings. The number of alkyl halides is 1. The number of halogens is 1. The van der Waals surface area contributed by atoms with Crippen LogP contribution in [0.5, 0.6) is 0 Å². The van der Waals surface area contributed by atoms with Crippen molar-refractivity contribution in [3.63, 3.8) is 0 Å². The molecule has 4 nitrogen and oxygen atoms in total. The molecule has 0 aromatic heterocycles. The highest BCUT2D eigenvalue weighted by atomic mass is 79.9. The smallest absolute Gasteiger partial charge is 0.287 e.